The molecule has 0 radical (unpaired) electrons. The molecule has 4 rings (SSSR count). The van der Waals surface area contributed by atoms with E-state index in [-0.39, 0.29) is 43.3 Å². The van der Waals surface area contributed by atoms with Crippen LogP contribution in [-0.2, 0) is 16.4 Å². The first-order chi connectivity index (χ1) is 15.6. The number of amides is 1. The molecule has 0 saturated carbocycles. The second kappa shape index (κ2) is 9.10. The molecule has 0 unspecified atom stereocenters. The summed E-state index contributed by atoms with van der Waals surface area (Å²) in [6.45, 7) is -0.648. The van der Waals surface area contributed by atoms with Crippen LogP contribution < -0.4 is 5.32 Å². The van der Waals surface area contributed by atoms with Crippen LogP contribution in [-0.4, -0.2) is 65.5 Å². The third-order valence-electron chi connectivity index (χ3n) is 5.63. The number of nitrogens with one attached hydrogen (secondary N) is 2. The van der Waals surface area contributed by atoms with Crippen LogP contribution >= 0.6 is 0 Å². The van der Waals surface area contributed by atoms with Gasteiger partial charge in [0.15, 0.2) is 15.5 Å². The highest BCUT2D eigenvalue weighted by atomic mass is 32.2. The predicted molar refractivity (Wildman–Crippen MR) is 114 cm³/mol. The van der Waals surface area contributed by atoms with E-state index in [1.807, 2.05) is 0 Å². The molecule has 1 aliphatic heterocycles. The Morgan fingerprint density at radius 1 is 1.15 bits per heavy atom. The number of carbonyl (C=O) groups excluding carboxylic acids is 1. The van der Waals surface area contributed by atoms with Crippen LogP contribution in [0, 0.1) is 0 Å². The van der Waals surface area contributed by atoms with Gasteiger partial charge >= 0.3 is 6.18 Å². The molecule has 12 heteroatoms. The van der Waals surface area contributed by atoms with Gasteiger partial charge in [0.25, 0.3) is 5.91 Å². The van der Waals surface area contributed by atoms with Gasteiger partial charge in [-0.25, -0.2) is 13.4 Å². The van der Waals surface area contributed by atoms with E-state index in [4.69, 9.17) is 0 Å². The number of hydrogen-bond donors (Lipinski definition) is 2. The first-order valence-corrected chi connectivity index (χ1v) is 11.9. The van der Waals surface area contributed by atoms with Crippen molar-refractivity contribution in [3.63, 3.8) is 0 Å². The summed E-state index contributed by atoms with van der Waals surface area (Å²) in [5, 5.41) is 9.33. The number of aromatic amines is 1. The second-order valence-electron chi connectivity index (χ2n) is 7.99. The standard InChI is InChI=1S/C21H22F3N5O3S/c22-21(23,24)13-29-7-5-18(6-8-29)33(31,32)17-3-1-14(2-4-17)10-26-20(30)16-9-15-12-27-28-19(15)25-11-16/h1-4,9,11-12,18H,5-8,10,13H2,(H,26,30)(H,25,27,28). The third-order valence-corrected chi connectivity index (χ3v) is 7.91. The van der Waals surface area contributed by atoms with Gasteiger partial charge in [-0.05, 0) is 49.7 Å². The Labute approximate surface area is 188 Å². The van der Waals surface area contributed by atoms with E-state index in [0.29, 0.717) is 22.2 Å². The van der Waals surface area contributed by atoms with Crippen molar-refractivity contribution in [3.8, 4) is 0 Å². The number of nitrogens with zero attached hydrogens (tertiary/aromatic N) is 3. The van der Waals surface area contributed by atoms with Crippen LogP contribution in [0.25, 0.3) is 11.0 Å². The molecule has 176 valence electrons. The Balaban J connectivity index is 1.34. The van der Waals surface area contributed by atoms with Crippen molar-refractivity contribution < 1.29 is 26.4 Å². The summed E-state index contributed by atoms with van der Waals surface area (Å²) in [7, 11) is -3.65. The number of pyridine rings is 1. The summed E-state index contributed by atoms with van der Waals surface area (Å²) in [5.41, 5.74) is 1.66. The fraction of sp³-hybridized carbons (Fsp3) is 0.381. The maximum atomic E-state index is 12.9. The molecule has 1 saturated heterocycles. The molecule has 2 aromatic heterocycles. The number of H-pyrrole nitrogens is 1. The number of sulfone groups is 1. The van der Waals surface area contributed by atoms with Gasteiger partial charge in [0.2, 0.25) is 0 Å². The van der Waals surface area contributed by atoms with Gasteiger partial charge in [-0.2, -0.15) is 18.3 Å². The number of carbonyl (C=O) groups is 1. The fourth-order valence-electron chi connectivity index (χ4n) is 3.87. The molecule has 33 heavy (non-hydrogen) atoms. The van der Waals surface area contributed by atoms with Crippen LogP contribution in [0.3, 0.4) is 0 Å². The normalized spacial score (nSPS) is 16.2. The quantitative estimate of drug-likeness (QED) is 0.561. The van der Waals surface area contributed by atoms with E-state index in [2.05, 4.69) is 20.5 Å². The molecular formula is C21H22F3N5O3S. The lowest BCUT2D eigenvalue weighted by atomic mass is 10.1. The molecule has 1 fully saturated rings. The molecule has 0 atom stereocenters. The van der Waals surface area contributed by atoms with Crippen molar-refractivity contribution in [1.82, 2.24) is 25.4 Å². The summed E-state index contributed by atoms with van der Waals surface area (Å²) >= 11 is 0. The number of benzene rings is 1. The van der Waals surface area contributed by atoms with E-state index in [1.54, 1.807) is 24.4 Å². The molecule has 0 aliphatic carbocycles. The molecule has 1 aliphatic rings. The number of alkyl halides is 3. The lowest BCUT2D eigenvalue weighted by molar-refractivity contribution is -0.147. The minimum absolute atomic E-state index is 0.0903. The number of likely N-dealkylation sites (tertiary alicyclic amines) is 1. The lowest BCUT2D eigenvalue weighted by Gasteiger charge is -2.32. The smallest absolute Gasteiger partial charge is 0.348 e. The van der Waals surface area contributed by atoms with Gasteiger partial charge in [-0.1, -0.05) is 12.1 Å². The van der Waals surface area contributed by atoms with E-state index in [1.165, 1.54) is 23.2 Å². The van der Waals surface area contributed by atoms with Crippen molar-refractivity contribution in [1.29, 1.82) is 0 Å². The number of fused-ring (bicyclic) bond motifs is 1. The van der Waals surface area contributed by atoms with Gasteiger partial charge < -0.3 is 5.32 Å². The third kappa shape index (κ3) is 5.50. The lowest BCUT2D eigenvalue weighted by Crippen LogP contribution is -2.43. The second-order valence-corrected chi connectivity index (χ2v) is 10.2. The predicted octanol–water partition coefficient (Wildman–Crippen LogP) is 2.69. The Bertz CT molecular complexity index is 1230. The fourth-order valence-corrected chi connectivity index (χ4v) is 5.60. The minimum atomic E-state index is -4.29. The van der Waals surface area contributed by atoms with Gasteiger partial charge in [0.1, 0.15) is 0 Å². The molecule has 1 amide bonds. The van der Waals surface area contributed by atoms with Crippen LogP contribution in [0.2, 0.25) is 0 Å². The van der Waals surface area contributed by atoms with Gasteiger partial charge in [0, 0.05) is 18.1 Å². The topological polar surface area (TPSA) is 108 Å². The molecule has 0 spiro atoms. The number of piperidine rings is 1. The summed E-state index contributed by atoms with van der Waals surface area (Å²) in [6.07, 6.45) is -0.972. The van der Waals surface area contributed by atoms with Crippen molar-refractivity contribution in [2.45, 2.75) is 35.7 Å². The van der Waals surface area contributed by atoms with Gasteiger partial charge in [-0.15, -0.1) is 0 Å². The summed E-state index contributed by atoms with van der Waals surface area (Å²) < 4.78 is 63.4. The summed E-state index contributed by atoms with van der Waals surface area (Å²) in [5.74, 6) is -0.326. The first-order valence-electron chi connectivity index (χ1n) is 10.3. The maximum Gasteiger partial charge on any atom is 0.401 e. The number of rotatable bonds is 6. The molecule has 0 bridgehead atoms. The SMILES string of the molecule is O=C(NCc1ccc(S(=O)(=O)C2CCN(CC(F)(F)F)CC2)cc1)c1cnc2[nH]ncc2c1. The molecule has 3 aromatic rings. The largest absolute Gasteiger partial charge is 0.401 e. The highest BCUT2D eigenvalue weighted by Crippen LogP contribution is 2.27. The highest BCUT2D eigenvalue weighted by molar-refractivity contribution is 7.92. The zero-order valence-electron chi connectivity index (χ0n) is 17.5. The molecule has 3 heterocycles. The average Bonchev–Trinajstić information content (AvgIpc) is 3.25. The molecule has 2 N–H and O–H groups in total. The summed E-state index contributed by atoms with van der Waals surface area (Å²) in [4.78, 5) is 17.9. The van der Waals surface area contributed by atoms with E-state index in [0.717, 1.165) is 0 Å². The average molecular weight is 482 g/mol. The maximum absolute atomic E-state index is 12.9. The van der Waals surface area contributed by atoms with Crippen LogP contribution in [0.5, 0.6) is 0 Å². The first kappa shape index (κ1) is 23.2. The van der Waals surface area contributed by atoms with Gasteiger partial charge in [0.05, 0.1) is 28.5 Å². The number of hydrogen-bond acceptors (Lipinski definition) is 6. The Morgan fingerprint density at radius 2 is 1.85 bits per heavy atom. The van der Waals surface area contributed by atoms with Crippen LogP contribution in [0.1, 0.15) is 28.8 Å². The Kier molecular flexibility index (Phi) is 6.39. The minimum Gasteiger partial charge on any atom is -0.348 e. The molecular weight excluding hydrogens is 459 g/mol. The Morgan fingerprint density at radius 3 is 2.52 bits per heavy atom. The Hall–Kier alpha value is -2.99. The summed E-state index contributed by atoms with van der Waals surface area (Å²) in [6, 6.07) is 7.83. The van der Waals surface area contributed by atoms with Crippen molar-refractivity contribution in [2.75, 3.05) is 19.6 Å². The van der Waals surface area contributed by atoms with Crippen molar-refractivity contribution in [2.24, 2.45) is 0 Å². The van der Waals surface area contributed by atoms with E-state index in [9.17, 15) is 26.4 Å². The molecule has 1 aromatic carbocycles. The monoisotopic (exact) mass is 481 g/mol. The van der Waals surface area contributed by atoms with Crippen molar-refractivity contribution >= 4 is 26.8 Å². The zero-order chi connectivity index (χ0) is 23.6. The van der Waals surface area contributed by atoms with Crippen molar-refractivity contribution in [3.05, 3.63) is 53.9 Å². The van der Waals surface area contributed by atoms with E-state index >= 15 is 0 Å². The molecule has 8 nitrogen and oxygen atoms in total. The highest BCUT2D eigenvalue weighted by Gasteiger charge is 2.36. The van der Waals surface area contributed by atoms with E-state index < -0.39 is 27.8 Å². The van der Waals surface area contributed by atoms with Crippen LogP contribution in [0.4, 0.5) is 13.2 Å². The van der Waals surface area contributed by atoms with Gasteiger partial charge in [-0.3, -0.25) is 14.8 Å². The zero-order valence-corrected chi connectivity index (χ0v) is 18.3. The van der Waals surface area contributed by atoms with Crippen LogP contribution in [0.15, 0.2) is 47.6 Å². The number of halogens is 3. The number of aromatic nitrogens is 3.